The second kappa shape index (κ2) is 9.32. The Labute approximate surface area is 184 Å². The molecule has 0 radical (unpaired) electrons. The number of fused-ring (bicyclic) bond motifs is 1. The van der Waals surface area contributed by atoms with Gasteiger partial charge >= 0.3 is 0 Å². The lowest BCUT2D eigenvalue weighted by Crippen LogP contribution is -2.25. The Hall–Kier alpha value is -3.17. The predicted molar refractivity (Wildman–Crippen MR) is 118 cm³/mol. The van der Waals surface area contributed by atoms with E-state index in [2.05, 4.69) is 21.6 Å². The standard InChI is InChI=1S/C22H22N4O4S/c1-14-4-3-5-16(10-14)21-24-25-22(26(21)8-9-29-2)31-13-18(27)15-6-7-19-17(11-15)23-20(28)12-30-19/h3-7,10-11H,8-9,12-13H2,1-2H3,(H,23,28). The molecule has 0 unspecified atom stereocenters. The first-order valence-corrected chi connectivity index (χ1v) is 10.8. The average Bonchev–Trinajstić information content (AvgIpc) is 3.18. The zero-order valence-corrected chi connectivity index (χ0v) is 18.1. The number of thioether (sulfide) groups is 1. The van der Waals surface area contributed by atoms with Crippen molar-refractivity contribution in [3.63, 3.8) is 0 Å². The molecule has 2 aromatic carbocycles. The number of amides is 1. The molecule has 160 valence electrons. The summed E-state index contributed by atoms with van der Waals surface area (Å²) in [6, 6.07) is 13.1. The molecule has 2 heterocycles. The van der Waals surface area contributed by atoms with Crippen LogP contribution in [0.3, 0.4) is 0 Å². The molecule has 9 heteroatoms. The highest BCUT2D eigenvalue weighted by atomic mass is 32.2. The summed E-state index contributed by atoms with van der Waals surface area (Å²) < 4.78 is 12.6. The summed E-state index contributed by atoms with van der Waals surface area (Å²) in [5, 5.41) is 12.0. The summed E-state index contributed by atoms with van der Waals surface area (Å²) in [5.41, 5.74) is 3.11. The highest BCUT2D eigenvalue weighted by molar-refractivity contribution is 7.99. The van der Waals surface area contributed by atoms with Gasteiger partial charge in [0.2, 0.25) is 0 Å². The van der Waals surface area contributed by atoms with Gasteiger partial charge in [0.15, 0.2) is 23.4 Å². The molecule has 31 heavy (non-hydrogen) atoms. The van der Waals surface area contributed by atoms with E-state index >= 15 is 0 Å². The average molecular weight is 439 g/mol. The van der Waals surface area contributed by atoms with Crippen molar-refractivity contribution in [3.8, 4) is 17.1 Å². The monoisotopic (exact) mass is 438 g/mol. The Morgan fingerprint density at radius 1 is 1.26 bits per heavy atom. The number of Topliss-reactive ketones (excluding diaryl/α,β-unsaturated/α-hetero) is 1. The Morgan fingerprint density at radius 3 is 2.94 bits per heavy atom. The number of aryl methyl sites for hydroxylation is 1. The van der Waals surface area contributed by atoms with Crippen LogP contribution in [0.25, 0.3) is 11.4 Å². The minimum absolute atomic E-state index is 0.0173. The van der Waals surface area contributed by atoms with E-state index < -0.39 is 0 Å². The fourth-order valence-corrected chi connectivity index (χ4v) is 4.11. The molecule has 1 amide bonds. The van der Waals surface area contributed by atoms with Gasteiger partial charge in [0.1, 0.15) is 5.75 Å². The minimum atomic E-state index is -0.235. The molecule has 1 N–H and O–H groups in total. The van der Waals surface area contributed by atoms with Crippen LogP contribution in [0.15, 0.2) is 47.6 Å². The van der Waals surface area contributed by atoms with Crippen LogP contribution in [-0.4, -0.2) is 52.5 Å². The summed E-state index contributed by atoms with van der Waals surface area (Å²) in [7, 11) is 1.64. The minimum Gasteiger partial charge on any atom is -0.482 e. The number of rotatable bonds is 8. The van der Waals surface area contributed by atoms with Crippen molar-refractivity contribution in [1.29, 1.82) is 0 Å². The third-order valence-electron chi connectivity index (χ3n) is 4.78. The lowest BCUT2D eigenvalue weighted by molar-refractivity contribution is -0.118. The molecule has 1 aliphatic heterocycles. The summed E-state index contributed by atoms with van der Waals surface area (Å²) in [5.74, 6) is 1.18. The Balaban J connectivity index is 1.52. The number of methoxy groups -OCH3 is 1. The van der Waals surface area contributed by atoms with E-state index in [9.17, 15) is 9.59 Å². The zero-order chi connectivity index (χ0) is 21.8. The van der Waals surface area contributed by atoms with Gasteiger partial charge < -0.3 is 14.8 Å². The highest BCUT2D eigenvalue weighted by Crippen LogP contribution is 2.30. The van der Waals surface area contributed by atoms with Crippen LogP contribution in [0.5, 0.6) is 5.75 Å². The maximum absolute atomic E-state index is 12.8. The molecule has 1 aliphatic rings. The normalized spacial score (nSPS) is 12.8. The van der Waals surface area contributed by atoms with Crippen molar-refractivity contribution in [1.82, 2.24) is 14.8 Å². The number of hydrogen-bond donors (Lipinski definition) is 1. The number of aromatic nitrogens is 3. The lowest BCUT2D eigenvalue weighted by Gasteiger charge is -2.18. The molecular weight excluding hydrogens is 416 g/mol. The Kier molecular flexibility index (Phi) is 6.34. The van der Waals surface area contributed by atoms with E-state index in [-0.39, 0.29) is 24.1 Å². The number of benzene rings is 2. The SMILES string of the molecule is COCCn1c(SCC(=O)c2ccc3c(c2)NC(=O)CO3)nnc1-c1cccc(C)c1. The summed E-state index contributed by atoms with van der Waals surface area (Å²) in [6.07, 6.45) is 0. The van der Waals surface area contributed by atoms with Crippen LogP contribution in [0.1, 0.15) is 15.9 Å². The number of hydrogen-bond acceptors (Lipinski definition) is 7. The molecule has 0 aliphatic carbocycles. The topological polar surface area (TPSA) is 95.3 Å². The second-order valence-corrected chi connectivity index (χ2v) is 8.02. The molecule has 3 aromatic rings. The van der Waals surface area contributed by atoms with E-state index in [0.29, 0.717) is 35.3 Å². The zero-order valence-electron chi connectivity index (χ0n) is 17.3. The van der Waals surface area contributed by atoms with E-state index in [1.165, 1.54) is 11.8 Å². The molecule has 0 saturated carbocycles. The molecule has 1 aromatic heterocycles. The van der Waals surface area contributed by atoms with E-state index in [1.54, 1.807) is 25.3 Å². The van der Waals surface area contributed by atoms with Crippen LogP contribution in [0.2, 0.25) is 0 Å². The van der Waals surface area contributed by atoms with Crippen molar-refractivity contribution in [2.24, 2.45) is 0 Å². The van der Waals surface area contributed by atoms with Crippen molar-refractivity contribution in [2.45, 2.75) is 18.6 Å². The number of nitrogens with zero attached hydrogens (tertiary/aromatic N) is 3. The maximum atomic E-state index is 12.8. The van der Waals surface area contributed by atoms with Gasteiger partial charge in [0, 0.05) is 18.2 Å². The van der Waals surface area contributed by atoms with Crippen molar-refractivity contribution in [3.05, 3.63) is 53.6 Å². The molecule has 0 bridgehead atoms. The van der Waals surface area contributed by atoms with E-state index in [4.69, 9.17) is 9.47 Å². The number of nitrogens with one attached hydrogen (secondary N) is 1. The molecule has 8 nitrogen and oxygen atoms in total. The number of ketones is 1. The van der Waals surface area contributed by atoms with E-state index in [1.807, 2.05) is 29.7 Å². The first kappa shape index (κ1) is 21.1. The van der Waals surface area contributed by atoms with Crippen molar-refractivity contribution >= 4 is 29.1 Å². The van der Waals surface area contributed by atoms with Crippen LogP contribution < -0.4 is 10.1 Å². The summed E-state index contributed by atoms with van der Waals surface area (Å²) >= 11 is 1.32. The number of carbonyl (C=O) groups excluding carboxylic acids is 2. The number of carbonyl (C=O) groups is 2. The van der Waals surface area contributed by atoms with Gasteiger partial charge in [-0.3, -0.25) is 14.2 Å². The maximum Gasteiger partial charge on any atom is 0.262 e. The van der Waals surface area contributed by atoms with Gasteiger partial charge in [0.25, 0.3) is 5.91 Å². The largest absolute Gasteiger partial charge is 0.482 e. The van der Waals surface area contributed by atoms with Crippen LogP contribution in [0.4, 0.5) is 5.69 Å². The fraction of sp³-hybridized carbons (Fsp3) is 0.273. The third-order valence-corrected chi connectivity index (χ3v) is 5.75. The van der Waals surface area contributed by atoms with Gasteiger partial charge in [-0.15, -0.1) is 10.2 Å². The van der Waals surface area contributed by atoms with Crippen LogP contribution in [-0.2, 0) is 16.1 Å². The quantitative estimate of drug-likeness (QED) is 0.426. The number of anilines is 1. The first-order valence-electron chi connectivity index (χ1n) is 9.77. The molecule has 0 fully saturated rings. The summed E-state index contributed by atoms with van der Waals surface area (Å²) in [4.78, 5) is 24.3. The van der Waals surface area contributed by atoms with Crippen molar-refractivity contribution < 1.29 is 19.1 Å². The molecule has 0 spiro atoms. The summed E-state index contributed by atoms with van der Waals surface area (Å²) in [6.45, 7) is 3.09. The van der Waals surface area contributed by atoms with Gasteiger partial charge in [-0.2, -0.15) is 0 Å². The van der Waals surface area contributed by atoms with Gasteiger partial charge in [0.05, 0.1) is 24.6 Å². The first-order chi connectivity index (χ1) is 15.0. The smallest absolute Gasteiger partial charge is 0.262 e. The molecular formula is C22H22N4O4S. The Morgan fingerprint density at radius 2 is 2.13 bits per heavy atom. The molecule has 4 rings (SSSR count). The van der Waals surface area contributed by atoms with E-state index in [0.717, 1.165) is 17.0 Å². The lowest BCUT2D eigenvalue weighted by atomic mass is 10.1. The third kappa shape index (κ3) is 4.78. The van der Waals surface area contributed by atoms with Gasteiger partial charge in [-0.05, 0) is 31.2 Å². The molecule has 0 atom stereocenters. The Bertz CT molecular complexity index is 1130. The molecule has 0 saturated heterocycles. The van der Waals surface area contributed by atoms with Crippen molar-refractivity contribution in [2.75, 3.05) is 31.4 Å². The van der Waals surface area contributed by atoms with Crippen LogP contribution in [0, 0.1) is 6.92 Å². The second-order valence-electron chi connectivity index (χ2n) is 7.08. The highest BCUT2D eigenvalue weighted by Gasteiger charge is 2.19. The van der Waals surface area contributed by atoms with Gasteiger partial charge in [-0.25, -0.2) is 0 Å². The number of ether oxygens (including phenoxy) is 2. The van der Waals surface area contributed by atoms with Gasteiger partial charge in [-0.1, -0.05) is 35.5 Å². The fourth-order valence-electron chi connectivity index (χ4n) is 3.25. The predicted octanol–water partition coefficient (Wildman–Crippen LogP) is 3.21. The van der Waals surface area contributed by atoms with Crippen LogP contribution >= 0.6 is 11.8 Å².